The van der Waals surface area contributed by atoms with Crippen LogP contribution in [0.25, 0.3) is 72.3 Å². The first kappa shape index (κ1) is 25.0. The van der Waals surface area contributed by atoms with Gasteiger partial charge in [-0.1, -0.05) is 127 Å². The maximum Gasteiger partial charge on any atom is 0.101 e. The predicted octanol–water partition coefficient (Wildman–Crippen LogP) is 10.2. The number of hydrogen-bond acceptors (Lipinski definition) is 2. The van der Waals surface area contributed by atoms with Crippen LogP contribution in [0.5, 0.6) is 0 Å². The number of aromatic nitrogens is 3. The molecule has 3 heteroatoms. The van der Waals surface area contributed by atoms with Crippen molar-refractivity contribution in [3.05, 3.63) is 164 Å². The van der Waals surface area contributed by atoms with Gasteiger partial charge in [-0.2, -0.15) is 5.10 Å². The van der Waals surface area contributed by atoms with E-state index in [-0.39, 0.29) is 0 Å². The van der Waals surface area contributed by atoms with E-state index in [9.17, 15) is 0 Å². The molecule has 3 nitrogen and oxygen atoms in total. The first-order chi connectivity index (χ1) is 21.3. The number of benzene rings is 6. The highest BCUT2D eigenvalue weighted by molar-refractivity contribution is 6.10. The highest BCUT2D eigenvalue weighted by Gasteiger charge is 2.17. The fourth-order valence-corrected chi connectivity index (χ4v) is 5.91. The lowest BCUT2D eigenvalue weighted by Crippen LogP contribution is -1.96. The fourth-order valence-electron chi connectivity index (χ4n) is 5.91. The zero-order valence-electron chi connectivity index (χ0n) is 23.4. The third-order valence-corrected chi connectivity index (χ3v) is 8.00. The third kappa shape index (κ3) is 4.58. The van der Waals surface area contributed by atoms with Crippen LogP contribution in [0.15, 0.2) is 164 Å². The van der Waals surface area contributed by atoms with Crippen molar-refractivity contribution < 1.29 is 0 Å². The van der Waals surface area contributed by atoms with Gasteiger partial charge in [-0.25, -0.2) is 9.67 Å². The van der Waals surface area contributed by atoms with Gasteiger partial charge in [0, 0.05) is 27.5 Å². The summed E-state index contributed by atoms with van der Waals surface area (Å²) >= 11 is 0. The van der Waals surface area contributed by atoms with Crippen LogP contribution in [0.4, 0.5) is 0 Å². The molecule has 2 heterocycles. The highest BCUT2D eigenvalue weighted by Crippen LogP contribution is 2.37. The maximum absolute atomic E-state index is 5.24. The fraction of sp³-hybridized carbons (Fsp3) is 0. The summed E-state index contributed by atoms with van der Waals surface area (Å²) in [5.74, 6) is 0. The van der Waals surface area contributed by atoms with Gasteiger partial charge in [-0.05, 0) is 52.9 Å². The number of hydrogen-bond donors (Lipinski definition) is 0. The van der Waals surface area contributed by atoms with Crippen LogP contribution in [0.3, 0.4) is 0 Å². The van der Waals surface area contributed by atoms with Gasteiger partial charge in [0.25, 0.3) is 0 Å². The number of fused-ring (bicyclic) bond motifs is 3. The molecule has 0 N–H and O–H groups in total. The zero-order valence-corrected chi connectivity index (χ0v) is 23.4. The molecule has 0 fully saturated rings. The van der Waals surface area contributed by atoms with Crippen molar-refractivity contribution in [2.45, 2.75) is 0 Å². The van der Waals surface area contributed by atoms with E-state index in [4.69, 9.17) is 10.1 Å². The predicted molar refractivity (Wildman–Crippen MR) is 178 cm³/mol. The summed E-state index contributed by atoms with van der Waals surface area (Å²) in [6, 6.07) is 57.2. The van der Waals surface area contributed by atoms with Gasteiger partial charge in [0.05, 0.1) is 22.6 Å². The van der Waals surface area contributed by atoms with Gasteiger partial charge < -0.3 is 0 Å². The Bertz CT molecular complexity index is 2160. The number of para-hydroxylation sites is 1. The Labute approximate surface area is 250 Å². The molecule has 0 aliphatic heterocycles. The Morgan fingerprint density at radius 3 is 1.77 bits per heavy atom. The average Bonchev–Trinajstić information content (AvgIpc) is 3.50. The minimum absolute atomic E-state index is 0.930. The van der Waals surface area contributed by atoms with Gasteiger partial charge in [0.15, 0.2) is 0 Å². The van der Waals surface area contributed by atoms with Crippen LogP contribution in [-0.4, -0.2) is 14.8 Å². The minimum atomic E-state index is 0.930. The molecule has 43 heavy (non-hydrogen) atoms. The lowest BCUT2D eigenvalue weighted by Gasteiger charge is -2.11. The maximum atomic E-state index is 5.24. The second-order valence-electron chi connectivity index (χ2n) is 10.7. The van der Waals surface area contributed by atoms with Crippen molar-refractivity contribution in [1.82, 2.24) is 14.8 Å². The van der Waals surface area contributed by atoms with Crippen molar-refractivity contribution >= 4 is 21.7 Å². The van der Waals surface area contributed by atoms with Crippen LogP contribution in [0.2, 0.25) is 0 Å². The van der Waals surface area contributed by atoms with Crippen molar-refractivity contribution in [3.8, 4) is 50.6 Å². The quantitative estimate of drug-likeness (QED) is 0.214. The summed E-state index contributed by atoms with van der Waals surface area (Å²) < 4.78 is 2.08. The number of nitrogens with zero attached hydrogens (tertiary/aromatic N) is 3. The zero-order chi connectivity index (χ0) is 28.6. The van der Waals surface area contributed by atoms with Crippen molar-refractivity contribution in [2.75, 3.05) is 0 Å². The molecule has 202 valence electrons. The van der Waals surface area contributed by atoms with E-state index < -0.39 is 0 Å². The van der Waals surface area contributed by atoms with Crippen molar-refractivity contribution in [2.24, 2.45) is 0 Å². The first-order valence-electron chi connectivity index (χ1n) is 14.5. The molecule has 6 aromatic carbocycles. The Kier molecular flexibility index (Phi) is 6.12. The minimum Gasteiger partial charge on any atom is -0.248 e. The lowest BCUT2D eigenvalue weighted by atomic mass is 9.98. The summed E-state index contributed by atoms with van der Waals surface area (Å²) in [5.41, 5.74) is 10.5. The van der Waals surface area contributed by atoms with E-state index in [1.165, 1.54) is 16.3 Å². The van der Waals surface area contributed by atoms with Gasteiger partial charge in [-0.3, -0.25) is 0 Å². The molecule has 0 aliphatic rings. The lowest BCUT2D eigenvalue weighted by molar-refractivity contribution is 0.918. The molecule has 8 aromatic rings. The van der Waals surface area contributed by atoms with Crippen LogP contribution < -0.4 is 0 Å². The molecule has 0 bridgehead atoms. The topological polar surface area (TPSA) is 30.7 Å². The van der Waals surface area contributed by atoms with Crippen molar-refractivity contribution in [1.29, 1.82) is 0 Å². The summed E-state index contributed by atoms with van der Waals surface area (Å²) in [7, 11) is 0. The molecule has 0 unspecified atom stereocenters. The summed E-state index contributed by atoms with van der Waals surface area (Å²) in [4.78, 5) is 5.16. The van der Waals surface area contributed by atoms with Crippen molar-refractivity contribution in [3.63, 3.8) is 0 Å². The van der Waals surface area contributed by atoms with E-state index in [2.05, 4.69) is 156 Å². The van der Waals surface area contributed by atoms with Crippen LogP contribution in [0, 0.1) is 0 Å². The summed E-state index contributed by atoms with van der Waals surface area (Å²) in [6.45, 7) is 0. The molecule has 0 aliphatic carbocycles. The molecule has 0 atom stereocenters. The van der Waals surface area contributed by atoms with Crippen LogP contribution in [-0.2, 0) is 0 Å². The van der Waals surface area contributed by atoms with E-state index in [0.29, 0.717) is 0 Å². The Hall–Kier alpha value is -5.80. The van der Waals surface area contributed by atoms with Crippen LogP contribution in [0.1, 0.15) is 0 Å². The first-order valence-corrected chi connectivity index (χ1v) is 14.5. The third-order valence-electron chi connectivity index (χ3n) is 8.00. The molecule has 0 spiro atoms. The Balaban J connectivity index is 1.32. The molecular formula is C40H27N3. The van der Waals surface area contributed by atoms with Gasteiger partial charge in [-0.15, -0.1) is 0 Å². The summed E-state index contributed by atoms with van der Waals surface area (Å²) in [5, 5.41) is 8.74. The molecule has 0 saturated carbocycles. The molecule has 2 aromatic heterocycles. The molecule has 0 radical (unpaired) electrons. The van der Waals surface area contributed by atoms with Gasteiger partial charge >= 0.3 is 0 Å². The standard InChI is InChI=1S/C40H27N3/c1-4-13-28(14-5-1)33-26-37(30-16-6-2-7-17-30)41-38(27-33)31-18-12-19-32(25-31)39-36-24-23-29-15-10-11-22-35(29)40(36)43(42-39)34-20-8-3-9-21-34/h1-27H. The molecular weight excluding hydrogens is 522 g/mol. The van der Waals surface area contributed by atoms with E-state index >= 15 is 0 Å². The molecule has 0 amide bonds. The second-order valence-corrected chi connectivity index (χ2v) is 10.7. The molecule has 0 saturated heterocycles. The van der Waals surface area contributed by atoms with E-state index in [1.54, 1.807) is 0 Å². The van der Waals surface area contributed by atoms with Crippen LogP contribution >= 0.6 is 0 Å². The van der Waals surface area contributed by atoms with Gasteiger partial charge in [0.1, 0.15) is 5.69 Å². The second kappa shape index (κ2) is 10.6. The SMILES string of the molecule is c1ccc(-c2cc(-c3ccccc3)nc(-c3cccc(-c4nn(-c5ccccc5)c5c4ccc4ccccc45)c3)c2)cc1. The smallest absolute Gasteiger partial charge is 0.101 e. The number of rotatable bonds is 5. The number of pyridine rings is 1. The largest absolute Gasteiger partial charge is 0.248 e. The highest BCUT2D eigenvalue weighted by atomic mass is 15.3. The Morgan fingerprint density at radius 2 is 1.00 bits per heavy atom. The monoisotopic (exact) mass is 549 g/mol. The van der Waals surface area contributed by atoms with Gasteiger partial charge in [0.2, 0.25) is 0 Å². The average molecular weight is 550 g/mol. The Morgan fingerprint density at radius 1 is 0.395 bits per heavy atom. The summed E-state index contributed by atoms with van der Waals surface area (Å²) in [6.07, 6.45) is 0. The van der Waals surface area contributed by atoms with E-state index in [0.717, 1.165) is 55.9 Å². The normalized spacial score (nSPS) is 11.3. The molecule has 8 rings (SSSR count). The van der Waals surface area contributed by atoms with E-state index in [1.807, 2.05) is 12.1 Å².